The molecule has 1 saturated carbocycles. The molecule has 0 unspecified atom stereocenters. The van der Waals surface area contributed by atoms with Gasteiger partial charge in [0.2, 0.25) is 5.91 Å². The molecule has 1 aliphatic carbocycles. The summed E-state index contributed by atoms with van der Waals surface area (Å²) in [5.74, 6) is 1.11. The van der Waals surface area contributed by atoms with Gasteiger partial charge in [0.15, 0.2) is 0 Å². The lowest BCUT2D eigenvalue weighted by atomic mass is 9.81. The molecule has 1 aromatic rings. The van der Waals surface area contributed by atoms with E-state index in [9.17, 15) is 10.0 Å². The highest BCUT2D eigenvalue weighted by Gasteiger charge is 2.50. The molecule has 1 amide bonds. The van der Waals surface area contributed by atoms with E-state index < -0.39 is 0 Å². The highest BCUT2D eigenvalue weighted by atomic mass is 16.5. The summed E-state index contributed by atoms with van der Waals surface area (Å²) in [5, 5.41) is 11.7. The molecule has 3 atom stereocenters. The minimum Gasteiger partial charge on any atom is -0.341 e. The molecule has 1 spiro atoms. The van der Waals surface area contributed by atoms with E-state index in [4.69, 9.17) is 0 Å². The average molecular weight is 328 g/mol. The monoisotopic (exact) mass is 328 g/mol. The first-order valence-electron chi connectivity index (χ1n) is 9.37. The molecule has 2 saturated heterocycles. The van der Waals surface area contributed by atoms with E-state index in [2.05, 4.69) is 37.3 Å². The Labute approximate surface area is 144 Å². The second-order valence-electron chi connectivity index (χ2n) is 8.22. The zero-order valence-corrected chi connectivity index (χ0v) is 14.5. The van der Waals surface area contributed by atoms with Crippen LogP contribution in [0, 0.1) is 11.3 Å². The van der Waals surface area contributed by atoms with E-state index in [1.54, 1.807) is 0 Å². The number of carbonyl (C=O) groups excluding carboxylic acids is 1. The van der Waals surface area contributed by atoms with Crippen LogP contribution in [0.15, 0.2) is 30.3 Å². The zero-order chi connectivity index (χ0) is 16.7. The lowest BCUT2D eigenvalue weighted by molar-refractivity contribution is -0.180. The molecule has 3 fully saturated rings. The molecule has 0 aromatic heterocycles. The average Bonchev–Trinajstić information content (AvgIpc) is 3.34. The van der Waals surface area contributed by atoms with E-state index in [-0.39, 0.29) is 11.9 Å². The van der Waals surface area contributed by atoms with Crippen LogP contribution in [0.5, 0.6) is 0 Å². The normalized spacial score (nSPS) is 32.8. The molecular weight excluding hydrogens is 300 g/mol. The van der Waals surface area contributed by atoms with Gasteiger partial charge in [0, 0.05) is 19.6 Å². The Morgan fingerprint density at radius 2 is 1.92 bits per heavy atom. The number of carbonyl (C=O) groups is 1. The smallest absolute Gasteiger partial charge is 0.242 e. The fourth-order valence-corrected chi connectivity index (χ4v) is 4.71. The van der Waals surface area contributed by atoms with Crippen LogP contribution in [-0.4, -0.2) is 46.8 Å². The van der Waals surface area contributed by atoms with Crippen molar-refractivity contribution in [2.24, 2.45) is 11.3 Å². The molecule has 0 bridgehead atoms. The third kappa shape index (κ3) is 2.98. The van der Waals surface area contributed by atoms with Crippen LogP contribution in [0.3, 0.4) is 0 Å². The van der Waals surface area contributed by atoms with Crippen molar-refractivity contribution in [2.75, 3.05) is 19.6 Å². The topological polar surface area (TPSA) is 43.8 Å². The third-order valence-electron chi connectivity index (χ3n) is 6.49. The molecule has 1 aromatic carbocycles. The van der Waals surface area contributed by atoms with Gasteiger partial charge in [-0.2, -0.15) is 5.06 Å². The second-order valence-corrected chi connectivity index (χ2v) is 8.22. The molecule has 1 N–H and O–H groups in total. The van der Waals surface area contributed by atoms with Crippen molar-refractivity contribution < 1.29 is 10.0 Å². The predicted molar refractivity (Wildman–Crippen MR) is 92.7 cm³/mol. The molecule has 2 aliphatic heterocycles. The van der Waals surface area contributed by atoms with Crippen LogP contribution in [-0.2, 0) is 4.79 Å². The Morgan fingerprint density at radius 3 is 2.54 bits per heavy atom. The number of rotatable bonds is 2. The number of piperidine rings is 2. The zero-order valence-electron chi connectivity index (χ0n) is 14.5. The molecule has 4 heteroatoms. The van der Waals surface area contributed by atoms with Crippen molar-refractivity contribution in [1.29, 1.82) is 0 Å². The first-order chi connectivity index (χ1) is 11.6. The van der Waals surface area contributed by atoms with Crippen LogP contribution in [0.1, 0.15) is 50.5 Å². The minimum atomic E-state index is -0.322. The summed E-state index contributed by atoms with van der Waals surface area (Å²) in [4.78, 5) is 14.9. The highest BCUT2D eigenvalue weighted by Crippen LogP contribution is 2.53. The molecule has 2 heterocycles. The van der Waals surface area contributed by atoms with E-state index >= 15 is 0 Å². The number of benzene rings is 1. The van der Waals surface area contributed by atoms with Crippen molar-refractivity contribution in [2.45, 2.75) is 51.0 Å². The number of hydroxylamine groups is 2. The first kappa shape index (κ1) is 16.1. The summed E-state index contributed by atoms with van der Waals surface area (Å²) in [6.07, 6.45) is 5.34. The SMILES string of the molecule is C[C@@H]1CN(C(=O)[C@@H]2CCC3(CC3)CN2O)CC[C@@H]1c1ccccc1. The van der Waals surface area contributed by atoms with Gasteiger partial charge in [-0.1, -0.05) is 37.3 Å². The van der Waals surface area contributed by atoms with Gasteiger partial charge in [0.1, 0.15) is 6.04 Å². The summed E-state index contributed by atoms with van der Waals surface area (Å²) in [7, 11) is 0. The van der Waals surface area contributed by atoms with Gasteiger partial charge in [-0.3, -0.25) is 4.79 Å². The van der Waals surface area contributed by atoms with Crippen molar-refractivity contribution in [3.05, 3.63) is 35.9 Å². The molecule has 3 aliphatic rings. The van der Waals surface area contributed by atoms with Gasteiger partial charge in [-0.15, -0.1) is 0 Å². The van der Waals surface area contributed by atoms with Crippen LogP contribution >= 0.6 is 0 Å². The van der Waals surface area contributed by atoms with Gasteiger partial charge >= 0.3 is 0 Å². The maximum Gasteiger partial charge on any atom is 0.242 e. The van der Waals surface area contributed by atoms with Gasteiger partial charge < -0.3 is 10.1 Å². The maximum absolute atomic E-state index is 12.9. The lowest BCUT2D eigenvalue weighted by Crippen LogP contribution is -2.54. The number of amides is 1. The standard InChI is InChI=1S/C20H28N2O2/c1-15-13-21(12-8-17(15)16-5-3-2-4-6-16)19(23)18-7-9-20(10-11-20)14-22(18)24/h2-6,15,17-18,24H,7-14H2,1H3/t15-,17+,18+/m1/s1. The molecule has 4 rings (SSSR count). The summed E-state index contributed by atoms with van der Waals surface area (Å²) < 4.78 is 0. The van der Waals surface area contributed by atoms with Gasteiger partial charge in [-0.25, -0.2) is 0 Å². The molecule has 4 nitrogen and oxygen atoms in total. The summed E-state index contributed by atoms with van der Waals surface area (Å²) >= 11 is 0. The van der Waals surface area contributed by atoms with Gasteiger partial charge in [0.25, 0.3) is 0 Å². The van der Waals surface area contributed by atoms with E-state index in [0.29, 0.717) is 23.8 Å². The lowest BCUT2D eigenvalue weighted by Gasteiger charge is -2.42. The van der Waals surface area contributed by atoms with Crippen LogP contribution in [0.25, 0.3) is 0 Å². The second kappa shape index (κ2) is 6.16. The number of likely N-dealkylation sites (tertiary alicyclic amines) is 1. The fraction of sp³-hybridized carbons (Fsp3) is 0.650. The van der Waals surface area contributed by atoms with E-state index in [1.807, 2.05) is 4.90 Å². The summed E-state index contributed by atoms with van der Waals surface area (Å²) in [6.45, 7) is 4.53. The van der Waals surface area contributed by atoms with Crippen molar-refractivity contribution >= 4 is 5.91 Å². The molecular formula is C20H28N2O2. The Hall–Kier alpha value is -1.39. The number of nitrogens with zero attached hydrogens (tertiary/aromatic N) is 2. The molecule has 130 valence electrons. The molecule has 0 radical (unpaired) electrons. The van der Waals surface area contributed by atoms with Crippen molar-refractivity contribution in [1.82, 2.24) is 9.96 Å². The quantitative estimate of drug-likeness (QED) is 0.906. The van der Waals surface area contributed by atoms with E-state index in [1.165, 1.54) is 23.5 Å². The van der Waals surface area contributed by atoms with Crippen LogP contribution in [0.2, 0.25) is 0 Å². The van der Waals surface area contributed by atoms with E-state index in [0.717, 1.165) is 32.4 Å². The molecule has 24 heavy (non-hydrogen) atoms. The van der Waals surface area contributed by atoms with Gasteiger partial charge in [-0.05, 0) is 54.9 Å². The summed E-state index contributed by atoms with van der Waals surface area (Å²) in [5.41, 5.74) is 1.72. The minimum absolute atomic E-state index is 0.131. The number of hydrogen-bond acceptors (Lipinski definition) is 3. The van der Waals surface area contributed by atoms with Crippen LogP contribution < -0.4 is 0 Å². The Bertz CT molecular complexity index is 599. The fourth-order valence-electron chi connectivity index (χ4n) is 4.71. The number of hydrogen-bond donors (Lipinski definition) is 1. The Balaban J connectivity index is 1.38. The van der Waals surface area contributed by atoms with Gasteiger partial charge in [0.05, 0.1) is 0 Å². The Morgan fingerprint density at radius 1 is 1.17 bits per heavy atom. The highest BCUT2D eigenvalue weighted by molar-refractivity contribution is 5.82. The van der Waals surface area contributed by atoms with Crippen LogP contribution in [0.4, 0.5) is 0 Å². The third-order valence-corrected chi connectivity index (χ3v) is 6.49. The predicted octanol–water partition coefficient (Wildman–Crippen LogP) is 3.27. The Kier molecular flexibility index (Phi) is 4.13. The largest absolute Gasteiger partial charge is 0.341 e. The maximum atomic E-state index is 12.9. The first-order valence-corrected chi connectivity index (χ1v) is 9.37. The summed E-state index contributed by atoms with van der Waals surface area (Å²) in [6, 6.07) is 10.3. The van der Waals surface area contributed by atoms with Crippen molar-refractivity contribution in [3.8, 4) is 0 Å². The van der Waals surface area contributed by atoms with Crippen molar-refractivity contribution in [3.63, 3.8) is 0 Å².